The van der Waals surface area contributed by atoms with E-state index in [0.717, 1.165) is 30.7 Å². The fourth-order valence-corrected chi connectivity index (χ4v) is 1.65. The van der Waals surface area contributed by atoms with Crippen LogP contribution in [-0.4, -0.2) is 31.8 Å². The van der Waals surface area contributed by atoms with E-state index < -0.39 is 6.04 Å². The number of unbranched alkanes of at least 4 members (excludes halogenated alkanes) is 1. The Morgan fingerprint density at radius 2 is 2.00 bits per heavy atom. The monoisotopic (exact) mass is 330 g/mol. The number of carbonyl (C=O) groups is 1. The van der Waals surface area contributed by atoms with Gasteiger partial charge in [0.15, 0.2) is 0 Å². The first-order valence-corrected chi connectivity index (χ1v) is 7.44. The van der Waals surface area contributed by atoms with Gasteiger partial charge in [-0.25, -0.2) is 0 Å². The van der Waals surface area contributed by atoms with Crippen molar-refractivity contribution < 1.29 is 14.3 Å². The zero-order chi connectivity index (χ0) is 15.5. The van der Waals surface area contributed by atoms with Gasteiger partial charge in [-0.05, 0) is 31.0 Å². The second kappa shape index (κ2) is 12.4. The third-order valence-corrected chi connectivity index (χ3v) is 2.89. The molecule has 5 nitrogen and oxygen atoms in total. The van der Waals surface area contributed by atoms with E-state index in [-0.39, 0.29) is 18.3 Å². The average molecular weight is 331 g/mol. The second-order valence-corrected chi connectivity index (χ2v) is 5.00. The lowest BCUT2D eigenvalue weighted by Gasteiger charge is -2.10. The van der Waals surface area contributed by atoms with Crippen LogP contribution in [0.4, 0.5) is 5.69 Å². The Morgan fingerprint density at radius 1 is 1.27 bits per heavy atom. The molecule has 0 aliphatic rings. The molecule has 6 heteroatoms. The standard InChI is InChI=1S/C16H26N2O3.ClH/c1-3-4-8-20-9-10-21-12-14-6-5-7-15(11-14)18-16(19)13(2)17;/h5-7,11,13H,3-4,8-10,12,17H2,1-2H3,(H,18,19);1H/t13-;/m0./s1. The van der Waals surface area contributed by atoms with Gasteiger partial charge in [-0.3, -0.25) is 4.79 Å². The average Bonchev–Trinajstić information content (AvgIpc) is 2.46. The maximum atomic E-state index is 11.5. The lowest BCUT2D eigenvalue weighted by atomic mass is 10.2. The minimum absolute atomic E-state index is 0. The molecule has 3 N–H and O–H groups in total. The van der Waals surface area contributed by atoms with Crippen molar-refractivity contribution >= 4 is 24.0 Å². The highest BCUT2D eigenvalue weighted by Gasteiger charge is 2.07. The van der Waals surface area contributed by atoms with Gasteiger partial charge >= 0.3 is 0 Å². The first-order chi connectivity index (χ1) is 10.1. The van der Waals surface area contributed by atoms with Crippen molar-refractivity contribution in [3.63, 3.8) is 0 Å². The highest BCUT2D eigenvalue weighted by molar-refractivity contribution is 5.94. The Balaban J connectivity index is 0.00000441. The molecule has 22 heavy (non-hydrogen) atoms. The Kier molecular flexibility index (Phi) is 11.8. The van der Waals surface area contributed by atoms with Gasteiger partial charge in [-0.2, -0.15) is 0 Å². The van der Waals surface area contributed by atoms with Crippen molar-refractivity contribution in [2.75, 3.05) is 25.1 Å². The molecule has 0 aromatic heterocycles. The highest BCUT2D eigenvalue weighted by atomic mass is 35.5. The van der Waals surface area contributed by atoms with Crippen LogP contribution < -0.4 is 11.1 Å². The minimum atomic E-state index is -0.523. The van der Waals surface area contributed by atoms with E-state index in [0.29, 0.717) is 19.8 Å². The molecule has 0 saturated heterocycles. The number of rotatable bonds is 10. The number of nitrogens with two attached hydrogens (primary N) is 1. The summed E-state index contributed by atoms with van der Waals surface area (Å²) >= 11 is 0. The van der Waals surface area contributed by atoms with Crippen LogP contribution in [0.2, 0.25) is 0 Å². The van der Waals surface area contributed by atoms with E-state index in [1.807, 2.05) is 24.3 Å². The lowest BCUT2D eigenvalue weighted by Crippen LogP contribution is -2.32. The quantitative estimate of drug-likeness (QED) is 0.647. The van der Waals surface area contributed by atoms with Crippen LogP contribution >= 0.6 is 12.4 Å². The summed E-state index contributed by atoms with van der Waals surface area (Å²) in [6.07, 6.45) is 2.22. The maximum absolute atomic E-state index is 11.5. The molecule has 0 aliphatic carbocycles. The van der Waals surface area contributed by atoms with E-state index in [1.54, 1.807) is 6.92 Å². The predicted molar refractivity (Wildman–Crippen MR) is 91.4 cm³/mol. The van der Waals surface area contributed by atoms with Crippen LogP contribution in [0.1, 0.15) is 32.3 Å². The lowest BCUT2D eigenvalue weighted by molar-refractivity contribution is -0.117. The number of nitrogens with one attached hydrogen (secondary N) is 1. The topological polar surface area (TPSA) is 73.6 Å². The fraction of sp³-hybridized carbons (Fsp3) is 0.562. The molecule has 1 rings (SSSR count). The van der Waals surface area contributed by atoms with Crippen LogP contribution in [0, 0.1) is 0 Å². The van der Waals surface area contributed by atoms with E-state index in [9.17, 15) is 4.79 Å². The molecular formula is C16H27ClN2O3. The van der Waals surface area contributed by atoms with Crippen LogP contribution in [0.25, 0.3) is 0 Å². The number of hydrogen-bond donors (Lipinski definition) is 2. The van der Waals surface area contributed by atoms with Gasteiger partial charge in [0, 0.05) is 12.3 Å². The Bertz CT molecular complexity index is 428. The number of hydrogen-bond acceptors (Lipinski definition) is 4. The van der Waals surface area contributed by atoms with Gasteiger partial charge in [-0.15, -0.1) is 12.4 Å². The molecule has 1 atom stereocenters. The Morgan fingerprint density at radius 3 is 2.68 bits per heavy atom. The van der Waals surface area contributed by atoms with Gasteiger partial charge in [0.25, 0.3) is 0 Å². The van der Waals surface area contributed by atoms with E-state index in [4.69, 9.17) is 15.2 Å². The Labute approximate surface area is 139 Å². The molecule has 0 heterocycles. The van der Waals surface area contributed by atoms with Crippen molar-refractivity contribution in [1.29, 1.82) is 0 Å². The molecule has 0 aliphatic heterocycles. The van der Waals surface area contributed by atoms with Crippen molar-refractivity contribution in [2.24, 2.45) is 5.73 Å². The van der Waals surface area contributed by atoms with Crippen LogP contribution in [0.5, 0.6) is 0 Å². The van der Waals surface area contributed by atoms with E-state index >= 15 is 0 Å². The molecular weight excluding hydrogens is 304 g/mol. The predicted octanol–water partition coefficient (Wildman–Crippen LogP) is 2.73. The molecule has 1 amide bonds. The summed E-state index contributed by atoms with van der Waals surface area (Å²) in [4.78, 5) is 11.5. The Hall–Kier alpha value is -1.14. The summed E-state index contributed by atoms with van der Waals surface area (Å²) in [5, 5.41) is 2.76. The van der Waals surface area contributed by atoms with Gasteiger partial charge in [0.1, 0.15) is 0 Å². The number of carbonyl (C=O) groups excluding carboxylic acids is 1. The normalized spacial score (nSPS) is 11.6. The molecule has 0 saturated carbocycles. The third-order valence-electron chi connectivity index (χ3n) is 2.89. The minimum Gasteiger partial charge on any atom is -0.379 e. The summed E-state index contributed by atoms with van der Waals surface area (Å²) < 4.78 is 11.0. The second-order valence-electron chi connectivity index (χ2n) is 5.00. The van der Waals surface area contributed by atoms with Crippen molar-refractivity contribution in [3.8, 4) is 0 Å². The van der Waals surface area contributed by atoms with Crippen molar-refractivity contribution in [2.45, 2.75) is 39.3 Å². The van der Waals surface area contributed by atoms with Gasteiger partial charge < -0.3 is 20.5 Å². The third kappa shape index (κ3) is 9.00. The number of ether oxygens (including phenoxy) is 2. The molecule has 0 fully saturated rings. The molecule has 0 bridgehead atoms. The number of anilines is 1. The number of halogens is 1. The first-order valence-electron chi connectivity index (χ1n) is 7.44. The number of benzene rings is 1. The molecule has 1 aromatic carbocycles. The zero-order valence-electron chi connectivity index (χ0n) is 13.3. The smallest absolute Gasteiger partial charge is 0.240 e. The van der Waals surface area contributed by atoms with Crippen LogP contribution in [-0.2, 0) is 20.9 Å². The van der Waals surface area contributed by atoms with E-state index in [2.05, 4.69) is 12.2 Å². The molecule has 0 spiro atoms. The molecule has 0 radical (unpaired) electrons. The summed E-state index contributed by atoms with van der Waals surface area (Å²) in [6, 6.07) is 7.04. The summed E-state index contributed by atoms with van der Waals surface area (Å²) in [5.74, 6) is -0.197. The number of amides is 1. The molecule has 0 unspecified atom stereocenters. The summed E-state index contributed by atoms with van der Waals surface area (Å²) in [6.45, 7) is 6.26. The van der Waals surface area contributed by atoms with Gasteiger partial charge in [-0.1, -0.05) is 25.5 Å². The van der Waals surface area contributed by atoms with Gasteiger partial charge in [0.05, 0.1) is 25.9 Å². The summed E-state index contributed by atoms with van der Waals surface area (Å²) in [7, 11) is 0. The highest BCUT2D eigenvalue weighted by Crippen LogP contribution is 2.11. The van der Waals surface area contributed by atoms with E-state index in [1.165, 1.54) is 0 Å². The summed E-state index contributed by atoms with van der Waals surface area (Å²) in [5.41, 5.74) is 7.26. The first kappa shape index (κ1) is 20.9. The van der Waals surface area contributed by atoms with Crippen molar-refractivity contribution in [1.82, 2.24) is 0 Å². The molecule has 1 aromatic rings. The van der Waals surface area contributed by atoms with Crippen LogP contribution in [0.3, 0.4) is 0 Å². The van der Waals surface area contributed by atoms with Crippen molar-refractivity contribution in [3.05, 3.63) is 29.8 Å². The van der Waals surface area contributed by atoms with Crippen LogP contribution in [0.15, 0.2) is 24.3 Å². The zero-order valence-corrected chi connectivity index (χ0v) is 14.2. The van der Waals surface area contributed by atoms with Gasteiger partial charge in [0.2, 0.25) is 5.91 Å². The largest absolute Gasteiger partial charge is 0.379 e. The molecule has 126 valence electrons. The SMILES string of the molecule is CCCCOCCOCc1cccc(NC(=O)[C@H](C)N)c1.Cl. The maximum Gasteiger partial charge on any atom is 0.240 e. The fourth-order valence-electron chi connectivity index (χ4n) is 1.65.